The van der Waals surface area contributed by atoms with Gasteiger partial charge in [-0.25, -0.2) is 0 Å². The van der Waals surface area contributed by atoms with Gasteiger partial charge in [-0.05, 0) is 13.8 Å². The van der Waals surface area contributed by atoms with Crippen molar-refractivity contribution in [2.24, 2.45) is 0 Å². The smallest absolute Gasteiger partial charge is 0 e. The van der Waals surface area contributed by atoms with Crippen molar-refractivity contribution in [3.63, 3.8) is 0 Å². The van der Waals surface area contributed by atoms with Crippen molar-refractivity contribution in [2.45, 2.75) is 6.92 Å². The Morgan fingerprint density at radius 2 is 1.30 bits per heavy atom. The van der Waals surface area contributed by atoms with Gasteiger partial charge < -0.3 is 23.4 Å². The van der Waals surface area contributed by atoms with Crippen LogP contribution in [0, 0.1) is 14.0 Å². The summed E-state index contributed by atoms with van der Waals surface area (Å²) in [6, 6.07) is 0. The number of hydrogen-bond acceptors (Lipinski definition) is 0. The first-order valence-corrected chi connectivity index (χ1v) is 2.12. The van der Waals surface area contributed by atoms with E-state index in [1.807, 2.05) is 0 Å². The molecule has 0 amide bonds. The fraction of sp³-hybridized carbons (Fsp3) is 0.400. The molecule has 0 saturated heterocycles. The van der Waals surface area contributed by atoms with Crippen molar-refractivity contribution in [3.8, 4) is 0 Å². The second-order valence-corrected chi connectivity index (χ2v) is 0.427. The molecule has 2 radical (unpaired) electrons. The molecule has 0 rings (SSSR count). The molecule has 10 heavy (non-hydrogen) atoms. The Morgan fingerprint density at radius 1 is 1.30 bits per heavy atom. The van der Waals surface area contributed by atoms with Gasteiger partial charge in [0.05, 0.1) is 0 Å². The summed E-state index contributed by atoms with van der Waals surface area (Å²) in [5.41, 5.74) is 11.8. The molecule has 0 aromatic heterocycles. The van der Waals surface area contributed by atoms with Crippen LogP contribution >= 0.6 is 0 Å². The third-order valence-electron chi connectivity index (χ3n) is 0. The Kier molecular flexibility index (Phi) is 221. The van der Waals surface area contributed by atoms with Crippen molar-refractivity contribution in [2.75, 3.05) is 6.67 Å². The van der Waals surface area contributed by atoms with Gasteiger partial charge in [-0.1, -0.05) is 0 Å². The molecule has 0 saturated carbocycles. The maximum absolute atomic E-state index is 5.88. The molecule has 0 heterocycles. The molecule has 0 fully saturated rings. The Labute approximate surface area is 115 Å². The van der Waals surface area contributed by atoms with Gasteiger partial charge in [0, 0.05) is 65.4 Å². The molecule has 0 aromatic carbocycles. The summed E-state index contributed by atoms with van der Waals surface area (Å²) in [6.07, 6.45) is 0. The quantitative estimate of drug-likeness (QED) is 0.498. The summed E-state index contributed by atoms with van der Waals surface area (Å²) in [5, 5.41) is 0. The predicted molar refractivity (Wildman–Crippen MR) is 38.0 cm³/mol. The van der Waals surface area contributed by atoms with Gasteiger partial charge in [0.2, 0.25) is 0 Å². The average molecular weight is 294 g/mol. The number of rotatable bonds is 0. The first-order valence-electron chi connectivity index (χ1n) is 2.12. The summed E-state index contributed by atoms with van der Waals surface area (Å²) in [5.74, 6) is 0. The van der Waals surface area contributed by atoms with Crippen molar-refractivity contribution >= 4 is 6.72 Å². The third kappa shape index (κ3) is 261. The molecule has 5 heteroatoms. The summed E-state index contributed by atoms with van der Waals surface area (Å²) in [4.78, 5) is 2.25. The minimum absolute atomic E-state index is 0. The van der Waals surface area contributed by atoms with Crippen molar-refractivity contribution < 1.29 is 70.4 Å². The van der Waals surface area contributed by atoms with E-state index in [-0.39, 0.29) is 72.1 Å². The Bertz CT molecular complexity index is 28.9. The zero-order valence-electron chi connectivity index (χ0n) is 6.48. The minimum Gasteiger partial charge on any atom is -0.696 e. The first-order chi connectivity index (χ1) is 3.83. The van der Waals surface area contributed by atoms with E-state index in [1.165, 1.54) is 0 Å². The van der Waals surface area contributed by atoms with E-state index < -0.39 is 0 Å². The van der Waals surface area contributed by atoms with Crippen LogP contribution in [0.5, 0.6) is 0 Å². The van der Waals surface area contributed by atoms with E-state index in [2.05, 4.69) is 25.7 Å². The van der Waals surface area contributed by atoms with Gasteiger partial charge in [-0.2, -0.15) is 6.92 Å². The predicted octanol–water partition coefficient (Wildman–Crippen LogP) is 0.443. The van der Waals surface area contributed by atoms with Crippen LogP contribution in [0.25, 0.3) is 11.5 Å². The van der Waals surface area contributed by atoms with E-state index in [1.54, 1.807) is 6.92 Å². The zero-order valence-corrected chi connectivity index (χ0v) is 12.2. The van der Waals surface area contributed by atoms with Crippen LogP contribution in [0.2, 0.25) is 0 Å². The van der Waals surface area contributed by atoms with Gasteiger partial charge in [-0.3, -0.25) is 6.67 Å². The fourth-order valence-electron chi connectivity index (χ4n) is 0. The van der Waals surface area contributed by atoms with Gasteiger partial charge >= 0.3 is 0 Å². The SMILES string of the molecule is C=[NH+][CH2-].[CH2-]C.[NH-]C[NH-].[Y].[Y]. The Morgan fingerprint density at radius 3 is 1.30 bits per heavy atom. The standard InChI is InChI=1S/C2H5N.C2H5.CH4N2.2Y/c1-3-2;1-2;2-1-3;;/h3H,1-2H2;1H2,2H3;2-3H,1H2;;/q;-1;-2;;. The van der Waals surface area contributed by atoms with Crippen LogP contribution in [-0.4, -0.2) is 13.4 Å². The molecule has 0 aliphatic carbocycles. The summed E-state index contributed by atoms with van der Waals surface area (Å²) >= 11 is 0. The van der Waals surface area contributed by atoms with E-state index in [0.717, 1.165) is 0 Å². The molecule has 0 aliphatic rings. The number of hydrogen-bond donors (Lipinski definition) is 1. The van der Waals surface area contributed by atoms with Crippen LogP contribution in [0.15, 0.2) is 0 Å². The second-order valence-electron chi connectivity index (χ2n) is 0.427. The molecule has 0 unspecified atom stereocenters. The molecule has 3 N–H and O–H groups in total. The molecule has 58 valence electrons. The molecule has 0 atom stereocenters. The molecule has 3 nitrogen and oxygen atoms in total. The summed E-state index contributed by atoms with van der Waals surface area (Å²) < 4.78 is 0. The van der Waals surface area contributed by atoms with Crippen LogP contribution in [0.3, 0.4) is 0 Å². The van der Waals surface area contributed by atoms with Gasteiger partial charge in [0.25, 0.3) is 0 Å². The maximum atomic E-state index is 5.88. The van der Waals surface area contributed by atoms with Gasteiger partial charge in [-0.15, -0.1) is 0 Å². The minimum atomic E-state index is -0.250. The van der Waals surface area contributed by atoms with Gasteiger partial charge in [0.1, 0.15) is 0 Å². The average Bonchev–Trinajstić information content (AvgIpc) is 1.75. The van der Waals surface area contributed by atoms with E-state index in [4.69, 9.17) is 11.5 Å². The molecule has 0 aromatic rings. The van der Waals surface area contributed by atoms with Crippen LogP contribution in [0.4, 0.5) is 0 Å². The van der Waals surface area contributed by atoms with Crippen LogP contribution in [-0.2, 0) is 65.4 Å². The Hall–Kier alpha value is 1.67. The third-order valence-corrected chi connectivity index (χ3v) is 0. The molecule has 0 bridgehead atoms. The second kappa shape index (κ2) is 74.1. The largest absolute Gasteiger partial charge is 0.696 e. The first kappa shape index (κ1) is 29.9. The maximum Gasteiger partial charge on any atom is 0 e. The fourth-order valence-corrected chi connectivity index (χ4v) is 0. The monoisotopic (exact) mass is 294 g/mol. The Balaban J connectivity index is -0.0000000116. The van der Waals surface area contributed by atoms with E-state index in [9.17, 15) is 0 Å². The molecule has 0 aliphatic heterocycles. The molecular weight excluding hydrogens is 280 g/mol. The topological polar surface area (TPSA) is 61.6 Å². The van der Waals surface area contributed by atoms with Crippen molar-refractivity contribution in [3.05, 3.63) is 25.4 Å². The van der Waals surface area contributed by atoms with E-state index in [0.29, 0.717) is 0 Å². The zero-order chi connectivity index (χ0) is 7.41. The summed E-state index contributed by atoms with van der Waals surface area (Å²) in [6.45, 7) is 7.88. The van der Waals surface area contributed by atoms with Crippen molar-refractivity contribution in [1.82, 2.24) is 0 Å². The summed E-state index contributed by atoms with van der Waals surface area (Å²) in [7, 11) is 3.12. The normalized spacial score (nSPS) is 3.60. The molecular formula is C5H14N3Y2-3. The van der Waals surface area contributed by atoms with Crippen LogP contribution < -0.4 is 4.99 Å². The van der Waals surface area contributed by atoms with Gasteiger partial charge in [0.15, 0.2) is 0 Å². The van der Waals surface area contributed by atoms with Crippen LogP contribution in [0.1, 0.15) is 6.92 Å². The molecule has 0 spiro atoms. The van der Waals surface area contributed by atoms with E-state index >= 15 is 0 Å². The number of nitrogens with one attached hydrogen (secondary N) is 3. The van der Waals surface area contributed by atoms with Crippen molar-refractivity contribution in [1.29, 1.82) is 0 Å².